The van der Waals surface area contributed by atoms with Crippen LogP contribution in [0.4, 0.5) is 0 Å². The molecule has 19 heavy (non-hydrogen) atoms. The summed E-state index contributed by atoms with van der Waals surface area (Å²) < 4.78 is 0. The van der Waals surface area contributed by atoms with Crippen molar-refractivity contribution in [2.75, 3.05) is 7.05 Å². The Bertz CT molecular complexity index is 406. The van der Waals surface area contributed by atoms with E-state index in [4.69, 9.17) is 0 Å². The van der Waals surface area contributed by atoms with E-state index in [-0.39, 0.29) is 0 Å². The lowest BCUT2D eigenvalue weighted by Gasteiger charge is -2.38. The monoisotopic (exact) mass is 257 g/mol. The Balaban J connectivity index is 1.83. The number of aryl methyl sites for hydroxylation is 1. The average Bonchev–Trinajstić information content (AvgIpc) is 2.49. The van der Waals surface area contributed by atoms with Gasteiger partial charge in [-0.05, 0) is 62.1 Å². The van der Waals surface area contributed by atoms with Gasteiger partial charge in [0, 0.05) is 6.04 Å². The molecule has 1 fully saturated rings. The summed E-state index contributed by atoms with van der Waals surface area (Å²) >= 11 is 0. The second kappa shape index (κ2) is 6.09. The van der Waals surface area contributed by atoms with Gasteiger partial charge >= 0.3 is 0 Å². The van der Waals surface area contributed by atoms with E-state index in [0.29, 0.717) is 6.04 Å². The molecule has 0 amide bonds. The quantitative estimate of drug-likeness (QED) is 0.852. The van der Waals surface area contributed by atoms with Crippen molar-refractivity contribution in [2.45, 2.75) is 63.3 Å². The molecule has 0 bridgehead atoms. The zero-order valence-corrected chi connectivity index (χ0v) is 12.2. The normalized spacial score (nSPS) is 25.8. The maximum atomic E-state index is 3.68. The molecule has 0 heterocycles. The number of likely N-dealkylation sites (N-methyl/N-ethyl adjacent to an activating group) is 1. The summed E-state index contributed by atoms with van der Waals surface area (Å²) in [6.07, 6.45) is 11.2. The highest BCUT2D eigenvalue weighted by Crippen LogP contribution is 2.39. The second-order valence-electron chi connectivity index (χ2n) is 6.41. The minimum absolute atomic E-state index is 0.696. The fraction of sp³-hybridized carbons (Fsp3) is 0.667. The largest absolute Gasteiger partial charge is 0.316 e. The Morgan fingerprint density at radius 1 is 1.00 bits per heavy atom. The maximum Gasteiger partial charge on any atom is 0.0161 e. The van der Waals surface area contributed by atoms with Crippen molar-refractivity contribution in [1.29, 1.82) is 0 Å². The lowest BCUT2D eigenvalue weighted by molar-refractivity contribution is 0.238. The molecule has 2 aliphatic carbocycles. The fourth-order valence-corrected chi connectivity index (χ4v) is 4.42. The molecule has 2 atom stereocenters. The zero-order chi connectivity index (χ0) is 13.1. The summed E-state index contributed by atoms with van der Waals surface area (Å²) in [5.74, 6) is 1.65. The van der Waals surface area contributed by atoms with Crippen LogP contribution in [0.5, 0.6) is 0 Å². The Kier molecular flexibility index (Phi) is 4.22. The van der Waals surface area contributed by atoms with E-state index in [1.165, 1.54) is 51.4 Å². The maximum absolute atomic E-state index is 3.68. The fourth-order valence-electron chi connectivity index (χ4n) is 4.42. The third kappa shape index (κ3) is 2.72. The van der Waals surface area contributed by atoms with Crippen molar-refractivity contribution in [3.8, 4) is 0 Å². The van der Waals surface area contributed by atoms with Crippen LogP contribution in [0, 0.1) is 5.92 Å². The molecule has 1 aromatic carbocycles. The minimum atomic E-state index is 0.696. The third-order valence-electron chi connectivity index (χ3n) is 5.34. The molecule has 0 aliphatic heterocycles. The molecule has 0 aromatic heterocycles. The molecule has 2 unspecified atom stereocenters. The molecule has 1 aromatic rings. The molecule has 2 aliphatic rings. The molecular formula is C18H27N. The van der Waals surface area contributed by atoms with Crippen molar-refractivity contribution in [1.82, 2.24) is 5.32 Å². The van der Waals surface area contributed by atoms with Crippen LogP contribution in [-0.4, -0.2) is 13.1 Å². The van der Waals surface area contributed by atoms with Crippen LogP contribution in [0.1, 0.15) is 62.0 Å². The van der Waals surface area contributed by atoms with Crippen molar-refractivity contribution in [3.63, 3.8) is 0 Å². The number of nitrogens with one attached hydrogen (secondary N) is 1. The van der Waals surface area contributed by atoms with Crippen molar-refractivity contribution in [3.05, 3.63) is 35.4 Å². The summed E-state index contributed by atoms with van der Waals surface area (Å²) in [5.41, 5.74) is 3.24. The first-order chi connectivity index (χ1) is 9.40. The van der Waals surface area contributed by atoms with E-state index < -0.39 is 0 Å². The molecule has 1 N–H and O–H groups in total. The first-order valence-corrected chi connectivity index (χ1v) is 8.15. The standard InChI is InChI=1S/C18H27N/c1-19-18(15-9-3-2-4-10-15)17-13-7-11-14-8-5-6-12-16(14)17/h5-6,8,12,15,17-19H,2-4,7,9-11,13H2,1H3. The smallest absolute Gasteiger partial charge is 0.0161 e. The summed E-state index contributed by atoms with van der Waals surface area (Å²) in [6, 6.07) is 9.85. The highest BCUT2D eigenvalue weighted by molar-refractivity contribution is 5.34. The topological polar surface area (TPSA) is 12.0 Å². The third-order valence-corrected chi connectivity index (χ3v) is 5.34. The number of hydrogen-bond acceptors (Lipinski definition) is 1. The van der Waals surface area contributed by atoms with Gasteiger partial charge < -0.3 is 5.32 Å². The van der Waals surface area contributed by atoms with Gasteiger partial charge in [-0.3, -0.25) is 0 Å². The van der Waals surface area contributed by atoms with Crippen LogP contribution >= 0.6 is 0 Å². The number of benzene rings is 1. The van der Waals surface area contributed by atoms with Crippen molar-refractivity contribution >= 4 is 0 Å². The van der Waals surface area contributed by atoms with E-state index >= 15 is 0 Å². The number of hydrogen-bond donors (Lipinski definition) is 1. The average molecular weight is 257 g/mol. The van der Waals surface area contributed by atoms with E-state index in [9.17, 15) is 0 Å². The Labute approximate surface area is 117 Å². The zero-order valence-electron chi connectivity index (χ0n) is 12.2. The summed E-state index contributed by atoms with van der Waals surface area (Å²) in [5, 5.41) is 3.68. The summed E-state index contributed by atoms with van der Waals surface area (Å²) in [6.45, 7) is 0. The lowest BCUT2D eigenvalue weighted by atomic mass is 9.71. The molecule has 0 spiro atoms. The van der Waals surface area contributed by atoms with Gasteiger partial charge in [-0.25, -0.2) is 0 Å². The van der Waals surface area contributed by atoms with Gasteiger partial charge in [0.05, 0.1) is 0 Å². The Morgan fingerprint density at radius 3 is 2.58 bits per heavy atom. The SMILES string of the molecule is CNC(C1CCCCC1)C1CCCc2ccccc21. The molecule has 1 heteroatoms. The highest BCUT2D eigenvalue weighted by atomic mass is 14.9. The molecule has 104 valence electrons. The van der Waals surface area contributed by atoms with Gasteiger partial charge in [0.2, 0.25) is 0 Å². The van der Waals surface area contributed by atoms with Gasteiger partial charge in [0.25, 0.3) is 0 Å². The van der Waals surface area contributed by atoms with E-state index in [0.717, 1.165) is 11.8 Å². The van der Waals surface area contributed by atoms with Gasteiger partial charge in [0.1, 0.15) is 0 Å². The Morgan fingerprint density at radius 2 is 1.79 bits per heavy atom. The molecule has 0 radical (unpaired) electrons. The molecule has 1 saturated carbocycles. The van der Waals surface area contributed by atoms with Crippen LogP contribution in [0.3, 0.4) is 0 Å². The van der Waals surface area contributed by atoms with Crippen LogP contribution in [0.15, 0.2) is 24.3 Å². The van der Waals surface area contributed by atoms with Crippen LogP contribution < -0.4 is 5.32 Å². The van der Waals surface area contributed by atoms with Gasteiger partial charge in [0.15, 0.2) is 0 Å². The number of rotatable bonds is 3. The molecular weight excluding hydrogens is 230 g/mol. The van der Waals surface area contributed by atoms with Crippen LogP contribution in [0.25, 0.3) is 0 Å². The first kappa shape index (κ1) is 13.2. The predicted molar refractivity (Wildman–Crippen MR) is 81.5 cm³/mol. The van der Waals surface area contributed by atoms with E-state index in [1.807, 2.05) is 0 Å². The van der Waals surface area contributed by atoms with Crippen molar-refractivity contribution in [2.24, 2.45) is 5.92 Å². The minimum Gasteiger partial charge on any atom is -0.316 e. The Hall–Kier alpha value is -0.820. The van der Waals surface area contributed by atoms with Crippen LogP contribution in [-0.2, 0) is 6.42 Å². The van der Waals surface area contributed by atoms with Crippen LogP contribution in [0.2, 0.25) is 0 Å². The van der Waals surface area contributed by atoms with E-state index in [2.05, 4.69) is 36.6 Å². The van der Waals surface area contributed by atoms with Crippen molar-refractivity contribution < 1.29 is 0 Å². The van der Waals surface area contributed by atoms with E-state index in [1.54, 1.807) is 11.1 Å². The first-order valence-electron chi connectivity index (χ1n) is 8.15. The summed E-state index contributed by atoms with van der Waals surface area (Å²) in [7, 11) is 2.18. The summed E-state index contributed by atoms with van der Waals surface area (Å²) in [4.78, 5) is 0. The van der Waals surface area contributed by atoms with Gasteiger partial charge in [-0.15, -0.1) is 0 Å². The second-order valence-corrected chi connectivity index (χ2v) is 6.41. The molecule has 0 saturated heterocycles. The number of fused-ring (bicyclic) bond motifs is 1. The highest BCUT2D eigenvalue weighted by Gasteiger charge is 2.32. The van der Waals surface area contributed by atoms with Gasteiger partial charge in [-0.2, -0.15) is 0 Å². The molecule has 3 rings (SSSR count). The lowest BCUT2D eigenvalue weighted by Crippen LogP contribution is -2.41. The predicted octanol–water partition coefficient (Wildman–Crippen LogP) is 4.27. The molecule has 1 nitrogen and oxygen atoms in total. The van der Waals surface area contributed by atoms with Gasteiger partial charge in [-0.1, -0.05) is 43.5 Å².